The summed E-state index contributed by atoms with van der Waals surface area (Å²) in [7, 11) is 0. The lowest BCUT2D eigenvalue weighted by atomic mass is 10.1. The molecule has 3 heterocycles. The summed E-state index contributed by atoms with van der Waals surface area (Å²) in [6.07, 6.45) is 0. The Labute approximate surface area is 277 Å². The van der Waals surface area contributed by atoms with Crippen LogP contribution in [0, 0.1) is 0 Å². The van der Waals surface area contributed by atoms with Gasteiger partial charge in [0.05, 0.1) is 5.69 Å². The minimum Gasteiger partial charge on any atom is -0.244 e. The zero-order valence-electron chi connectivity index (χ0n) is 25.7. The summed E-state index contributed by atoms with van der Waals surface area (Å²) in [5.41, 5.74) is 6.97. The second-order valence-corrected chi connectivity index (χ2v) is 11.1. The first kappa shape index (κ1) is 28.7. The van der Waals surface area contributed by atoms with E-state index in [-0.39, 0.29) is 0 Å². The van der Waals surface area contributed by atoms with Gasteiger partial charge in [-0.3, -0.25) is 0 Å². The summed E-state index contributed by atoms with van der Waals surface area (Å²) in [4.78, 5) is 34.0. The molecule has 0 atom stereocenters. The van der Waals surface area contributed by atoms with Crippen molar-refractivity contribution in [1.29, 1.82) is 0 Å². The van der Waals surface area contributed by atoms with E-state index >= 15 is 0 Å². The zero-order chi connectivity index (χ0) is 32.1. The molecule has 0 amide bonds. The molecule has 226 valence electrons. The van der Waals surface area contributed by atoms with Crippen LogP contribution in [0.25, 0.3) is 79.7 Å². The molecule has 0 spiro atoms. The molecule has 8 rings (SSSR count). The maximum atomic E-state index is 5.00. The lowest BCUT2D eigenvalue weighted by Crippen LogP contribution is -2.01. The van der Waals surface area contributed by atoms with E-state index in [4.69, 9.17) is 34.9 Å². The Morgan fingerprint density at radius 3 is 0.854 bits per heavy atom. The molecule has 3 aromatic heterocycles. The van der Waals surface area contributed by atoms with Crippen molar-refractivity contribution in [3.05, 3.63) is 164 Å². The van der Waals surface area contributed by atoms with Gasteiger partial charge in [-0.15, -0.1) is 0 Å². The molecule has 0 radical (unpaired) electrons. The molecule has 0 bridgehead atoms. The van der Waals surface area contributed by atoms with Gasteiger partial charge in [0.1, 0.15) is 5.69 Å². The molecular weight excluding hydrogens is 591 g/mol. The third kappa shape index (κ3) is 6.08. The molecule has 0 aliphatic heterocycles. The zero-order valence-corrected chi connectivity index (χ0v) is 25.7. The van der Waals surface area contributed by atoms with Crippen molar-refractivity contribution in [2.45, 2.75) is 0 Å². The molecule has 0 unspecified atom stereocenters. The minimum absolute atomic E-state index is 0.508. The van der Waals surface area contributed by atoms with Gasteiger partial charge in [0.15, 0.2) is 34.9 Å². The van der Waals surface area contributed by atoms with E-state index in [2.05, 4.69) is 0 Å². The second-order valence-electron chi connectivity index (χ2n) is 11.1. The quantitative estimate of drug-likeness (QED) is 0.176. The van der Waals surface area contributed by atoms with Crippen LogP contribution in [-0.2, 0) is 0 Å². The monoisotopic (exact) mass is 617 g/mol. The van der Waals surface area contributed by atoms with E-state index in [1.807, 2.05) is 164 Å². The Morgan fingerprint density at radius 2 is 0.479 bits per heavy atom. The number of benzene rings is 5. The fourth-order valence-electron chi connectivity index (χ4n) is 5.37. The number of pyridine rings is 1. The van der Waals surface area contributed by atoms with Crippen molar-refractivity contribution in [3.63, 3.8) is 0 Å². The van der Waals surface area contributed by atoms with Crippen LogP contribution in [0.2, 0.25) is 0 Å². The lowest BCUT2D eigenvalue weighted by molar-refractivity contribution is 1.06. The summed E-state index contributed by atoms with van der Waals surface area (Å²) < 4.78 is 0. The lowest BCUT2D eigenvalue weighted by Gasteiger charge is -2.10. The van der Waals surface area contributed by atoms with Crippen molar-refractivity contribution >= 4 is 0 Å². The van der Waals surface area contributed by atoms with Crippen molar-refractivity contribution in [3.8, 4) is 79.7 Å². The maximum Gasteiger partial charge on any atom is 0.182 e. The van der Waals surface area contributed by atoms with E-state index in [1.54, 1.807) is 0 Å². The van der Waals surface area contributed by atoms with E-state index in [9.17, 15) is 0 Å². The normalized spacial score (nSPS) is 10.9. The predicted molar refractivity (Wildman–Crippen MR) is 189 cm³/mol. The van der Waals surface area contributed by atoms with E-state index in [1.165, 1.54) is 0 Å². The molecule has 0 saturated heterocycles. The second kappa shape index (κ2) is 12.9. The van der Waals surface area contributed by atoms with Gasteiger partial charge in [-0.2, -0.15) is 0 Å². The molecule has 7 nitrogen and oxygen atoms in total. The minimum atomic E-state index is 0.508. The molecule has 0 fully saturated rings. The Hall–Kier alpha value is -6.73. The van der Waals surface area contributed by atoms with Crippen molar-refractivity contribution in [2.75, 3.05) is 0 Å². The average molecular weight is 618 g/mol. The molecule has 7 heteroatoms. The van der Waals surface area contributed by atoms with Crippen LogP contribution >= 0.6 is 0 Å². The Bertz CT molecular complexity index is 2200. The van der Waals surface area contributed by atoms with Crippen molar-refractivity contribution in [1.82, 2.24) is 34.9 Å². The molecule has 8 aromatic rings. The van der Waals surface area contributed by atoms with Gasteiger partial charge in [0.25, 0.3) is 0 Å². The van der Waals surface area contributed by atoms with Crippen LogP contribution in [0.5, 0.6) is 0 Å². The van der Waals surface area contributed by atoms with Gasteiger partial charge >= 0.3 is 0 Å². The number of rotatable bonds is 7. The van der Waals surface area contributed by atoms with Crippen LogP contribution < -0.4 is 0 Å². The van der Waals surface area contributed by atoms with E-state index in [0.717, 1.165) is 39.1 Å². The van der Waals surface area contributed by atoms with E-state index in [0.29, 0.717) is 40.6 Å². The molecule has 0 aliphatic carbocycles. The number of hydrogen-bond acceptors (Lipinski definition) is 7. The SMILES string of the molecule is c1ccc(-c2nc(-c3ccccc3)nc(-c3ccc(-c4cccc(-c5nc(-c6ccccc6)nc(-c6ccccc6)n5)n4)cc3)n2)cc1. The standard InChI is InChI=1S/C41H27N7/c1-5-14-29(15-6-1)36-43-37(30-16-7-2-8-17-30)45-40(44-36)33-26-24-28(25-27-33)34-22-13-23-35(42-34)41-47-38(31-18-9-3-10-19-31)46-39(48-41)32-20-11-4-12-21-32/h1-27H. The molecule has 48 heavy (non-hydrogen) atoms. The third-order valence-corrected chi connectivity index (χ3v) is 7.82. The fraction of sp³-hybridized carbons (Fsp3) is 0. The van der Waals surface area contributed by atoms with Crippen LogP contribution in [-0.4, -0.2) is 34.9 Å². The van der Waals surface area contributed by atoms with Crippen molar-refractivity contribution in [2.24, 2.45) is 0 Å². The highest BCUT2D eigenvalue weighted by molar-refractivity contribution is 5.71. The smallest absolute Gasteiger partial charge is 0.182 e. The highest BCUT2D eigenvalue weighted by Crippen LogP contribution is 2.29. The number of nitrogens with zero attached hydrogens (tertiary/aromatic N) is 7. The van der Waals surface area contributed by atoms with Crippen LogP contribution in [0.3, 0.4) is 0 Å². The van der Waals surface area contributed by atoms with Crippen molar-refractivity contribution < 1.29 is 0 Å². The van der Waals surface area contributed by atoms with Crippen LogP contribution in [0.15, 0.2) is 164 Å². The fourth-order valence-corrected chi connectivity index (χ4v) is 5.37. The molecular formula is C41H27N7. The first-order valence-electron chi connectivity index (χ1n) is 15.6. The van der Waals surface area contributed by atoms with Gasteiger partial charge < -0.3 is 0 Å². The maximum absolute atomic E-state index is 5.00. The van der Waals surface area contributed by atoms with Crippen LogP contribution in [0.1, 0.15) is 0 Å². The highest BCUT2D eigenvalue weighted by Gasteiger charge is 2.15. The van der Waals surface area contributed by atoms with Gasteiger partial charge in [-0.05, 0) is 12.1 Å². The summed E-state index contributed by atoms with van der Waals surface area (Å²) in [6, 6.07) is 53.8. The van der Waals surface area contributed by atoms with Gasteiger partial charge in [0.2, 0.25) is 0 Å². The third-order valence-electron chi connectivity index (χ3n) is 7.82. The predicted octanol–water partition coefficient (Wildman–Crippen LogP) is 9.12. The summed E-state index contributed by atoms with van der Waals surface area (Å²) >= 11 is 0. The molecule has 0 saturated carbocycles. The van der Waals surface area contributed by atoms with Crippen LogP contribution in [0.4, 0.5) is 0 Å². The topological polar surface area (TPSA) is 90.2 Å². The molecule has 0 aliphatic rings. The largest absolute Gasteiger partial charge is 0.244 e. The average Bonchev–Trinajstić information content (AvgIpc) is 3.19. The van der Waals surface area contributed by atoms with Gasteiger partial charge in [-0.25, -0.2) is 34.9 Å². The summed E-state index contributed by atoms with van der Waals surface area (Å²) in [5, 5.41) is 0. The van der Waals surface area contributed by atoms with E-state index < -0.39 is 0 Å². The Kier molecular flexibility index (Phi) is 7.74. The Balaban J connectivity index is 1.16. The molecule has 5 aromatic carbocycles. The first-order chi connectivity index (χ1) is 23.8. The van der Waals surface area contributed by atoms with Gasteiger partial charge in [0, 0.05) is 33.4 Å². The molecule has 0 N–H and O–H groups in total. The Morgan fingerprint density at radius 1 is 0.188 bits per heavy atom. The number of hydrogen-bond donors (Lipinski definition) is 0. The summed E-state index contributed by atoms with van der Waals surface area (Å²) in [5.74, 6) is 3.55. The first-order valence-corrected chi connectivity index (χ1v) is 15.6. The highest BCUT2D eigenvalue weighted by atomic mass is 15.1. The van der Waals surface area contributed by atoms with Gasteiger partial charge in [-0.1, -0.05) is 152 Å². The number of aromatic nitrogens is 7. The summed E-state index contributed by atoms with van der Waals surface area (Å²) in [6.45, 7) is 0.